The second-order valence-electron chi connectivity index (χ2n) is 4.80. The lowest BCUT2D eigenvalue weighted by Crippen LogP contribution is -2.32. The van der Waals surface area contributed by atoms with Gasteiger partial charge in [0.05, 0.1) is 0 Å². The van der Waals surface area contributed by atoms with Gasteiger partial charge in [0.15, 0.2) is 0 Å². The molecule has 0 amide bonds. The van der Waals surface area contributed by atoms with Crippen molar-refractivity contribution in [2.45, 2.75) is 45.2 Å². The molecule has 0 saturated heterocycles. The first-order valence-corrected chi connectivity index (χ1v) is 7.01. The van der Waals surface area contributed by atoms with Crippen molar-refractivity contribution in [2.24, 2.45) is 5.92 Å². The fourth-order valence-corrected chi connectivity index (χ4v) is 2.70. The third kappa shape index (κ3) is 3.08. The van der Waals surface area contributed by atoms with Gasteiger partial charge in [-0.15, -0.1) is 0 Å². The Labute approximate surface area is 107 Å². The first-order valence-electron chi connectivity index (χ1n) is 6.22. The molecule has 2 rings (SSSR count). The average Bonchev–Trinajstić information content (AvgIpc) is 3.09. The topological polar surface area (TPSA) is 12.0 Å². The van der Waals surface area contributed by atoms with Crippen molar-refractivity contribution in [1.29, 1.82) is 0 Å². The van der Waals surface area contributed by atoms with Crippen molar-refractivity contribution >= 4 is 15.9 Å². The molecule has 88 valence electrons. The summed E-state index contributed by atoms with van der Waals surface area (Å²) in [7, 11) is 0. The molecule has 1 N–H and O–H groups in total. The molecule has 1 aliphatic carbocycles. The smallest absolute Gasteiger partial charge is 0.0294 e. The quantitative estimate of drug-likeness (QED) is 0.849. The van der Waals surface area contributed by atoms with E-state index in [0.29, 0.717) is 12.1 Å². The Kier molecular flexibility index (Phi) is 4.04. The Morgan fingerprint density at radius 2 is 2.19 bits per heavy atom. The normalized spacial score (nSPS) is 19.4. The number of hydrogen-bond donors (Lipinski definition) is 1. The average molecular weight is 282 g/mol. The van der Waals surface area contributed by atoms with Crippen LogP contribution in [0.25, 0.3) is 0 Å². The largest absolute Gasteiger partial charge is 0.307 e. The molecule has 0 bridgehead atoms. The van der Waals surface area contributed by atoms with Crippen molar-refractivity contribution in [3.8, 4) is 0 Å². The van der Waals surface area contributed by atoms with Crippen LogP contribution in [-0.4, -0.2) is 6.04 Å². The molecule has 0 aromatic heterocycles. The lowest BCUT2D eigenvalue weighted by molar-refractivity contribution is 0.405. The van der Waals surface area contributed by atoms with Crippen LogP contribution in [0.1, 0.15) is 44.7 Å². The van der Waals surface area contributed by atoms with Crippen LogP contribution >= 0.6 is 15.9 Å². The summed E-state index contributed by atoms with van der Waals surface area (Å²) in [4.78, 5) is 0. The summed E-state index contributed by atoms with van der Waals surface area (Å²) < 4.78 is 1.16. The molecule has 1 aromatic rings. The zero-order valence-electron chi connectivity index (χ0n) is 10.0. The van der Waals surface area contributed by atoms with E-state index in [1.54, 1.807) is 0 Å². The predicted octanol–water partition coefficient (Wildman–Crippen LogP) is 4.29. The predicted molar refractivity (Wildman–Crippen MR) is 72.5 cm³/mol. The molecule has 1 aromatic carbocycles. The number of hydrogen-bond acceptors (Lipinski definition) is 1. The zero-order chi connectivity index (χ0) is 11.5. The van der Waals surface area contributed by atoms with Crippen LogP contribution in [-0.2, 0) is 0 Å². The minimum atomic E-state index is 0.447. The molecule has 1 aliphatic rings. The van der Waals surface area contributed by atoms with E-state index in [1.807, 2.05) is 0 Å². The van der Waals surface area contributed by atoms with Crippen molar-refractivity contribution in [3.05, 3.63) is 34.3 Å². The first-order chi connectivity index (χ1) is 7.70. The molecule has 1 nitrogen and oxygen atoms in total. The van der Waals surface area contributed by atoms with Crippen LogP contribution in [0, 0.1) is 5.92 Å². The second-order valence-corrected chi connectivity index (χ2v) is 5.71. The fourth-order valence-electron chi connectivity index (χ4n) is 2.28. The minimum Gasteiger partial charge on any atom is -0.307 e. The van der Waals surface area contributed by atoms with Gasteiger partial charge in [0, 0.05) is 16.6 Å². The molecule has 0 spiro atoms. The monoisotopic (exact) mass is 281 g/mol. The molecule has 1 unspecified atom stereocenters. The Balaban J connectivity index is 1.98. The summed E-state index contributed by atoms with van der Waals surface area (Å²) in [6.45, 7) is 4.54. The summed E-state index contributed by atoms with van der Waals surface area (Å²) in [5, 5.41) is 3.75. The molecule has 0 radical (unpaired) electrons. The van der Waals surface area contributed by atoms with Crippen molar-refractivity contribution in [1.82, 2.24) is 5.32 Å². The molecule has 0 aliphatic heterocycles. The number of benzene rings is 1. The molecule has 16 heavy (non-hydrogen) atoms. The summed E-state index contributed by atoms with van der Waals surface area (Å²) in [6.07, 6.45) is 4.07. The summed E-state index contributed by atoms with van der Waals surface area (Å²) in [5.41, 5.74) is 1.37. The SMILES string of the molecule is CCC(N[C@@H](C)c1cccc(Br)c1)C1CC1. The lowest BCUT2D eigenvalue weighted by Gasteiger charge is -2.22. The Hall–Kier alpha value is -0.340. The Bertz CT molecular complexity index is 346. The van der Waals surface area contributed by atoms with E-state index in [-0.39, 0.29) is 0 Å². The van der Waals surface area contributed by atoms with Gasteiger partial charge < -0.3 is 5.32 Å². The standard InChI is InChI=1S/C14H20BrN/c1-3-14(11-7-8-11)16-10(2)12-5-4-6-13(15)9-12/h4-6,9-11,14,16H,3,7-8H2,1-2H3/t10-,14?/m0/s1. The van der Waals surface area contributed by atoms with Crippen LogP contribution in [0.3, 0.4) is 0 Å². The van der Waals surface area contributed by atoms with E-state index < -0.39 is 0 Å². The maximum Gasteiger partial charge on any atom is 0.0294 e. The van der Waals surface area contributed by atoms with Crippen LogP contribution in [0.5, 0.6) is 0 Å². The van der Waals surface area contributed by atoms with Crippen LogP contribution in [0.15, 0.2) is 28.7 Å². The molecule has 2 atom stereocenters. The first kappa shape index (κ1) is 12.1. The second kappa shape index (κ2) is 5.33. The van der Waals surface area contributed by atoms with Gasteiger partial charge >= 0.3 is 0 Å². The minimum absolute atomic E-state index is 0.447. The number of nitrogens with one attached hydrogen (secondary N) is 1. The third-order valence-corrected chi connectivity index (χ3v) is 3.94. The highest BCUT2D eigenvalue weighted by atomic mass is 79.9. The van der Waals surface area contributed by atoms with E-state index in [1.165, 1.54) is 24.8 Å². The van der Waals surface area contributed by atoms with Crippen molar-refractivity contribution in [3.63, 3.8) is 0 Å². The molecule has 1 fully saturated rings. The van der Waals surface area contributed by atoms with Gasteiger partial charge in [0.1, 0.15) is 0 Å². The maximum absolute atomic E-state index is 3.75. The Morgan fingerprint density at radius 1 is 1.44 bits per heavy atom. The van der Waals surface area contributed by atoms with Crippen molar-refractivity contribution < 1.29 is 0 Å². The maximum atomic E-state index is 3.75. The molecular weight excluding hydrogens is 262 g/mol. The fraction of sp³-hybridized carbons (Fsp3) is 0.571. The van der Waals surface area contributed by atoms with Gasteiger partial charge in [-0.1, -0.05) is 35.0 Å². The molecule has 2 heteroatoms. The van der Waals surface area contributed by atoms with E-state index in [0.717, 1.165) is 10.4 Å². The highest BCUT2D eigenvalue weighted by Crippen LogP contribution is 2.35. The molecular formula is C14H20BrN. The van der Waals surface area contributed by atoms with Gasteiger partial charge in [-0.05, 0) is 49.8 Å². The van der Waals surface area contributed by atoms with Crippen LogP contribution in [0.4, 0.5) is 0 Å². The molecule has 0 heterocycles. The third-order valence-electron chi connectivity index (χ3n) is 3.44. The number of halogens is 1. The zero-order valence-corrected chi connectivity index (χ0v) is 11.6. The number of rotatable bonds is 5. The van der Waals surface area contributed by atoms with E-state index in [2.05, 4.69) is 59.4 Å². The van der Waals surface area contributed by atoms with Crippen LogP contribution in [0.2, 0.25) is 0 Å². The van der Waals surface area contributed by atoms with Gasteiger partial charge in [-0.2, -0.15) is 0 Å². The highest BCUT2D eigenvalue weighted by Gasteiger charge is 2.30. The van der Waals surface area contributed by atoms with Gasteiger partial charge in [0.25, 0.3) is 0 Å². The lowest BCUT2D eigenvalue weighted by atomic mass is 10.0. The Morgan fingerprint density at radius 3 is 2.75 bits per heavy atom. The van der Waals surface area contributed by atoms with Crippen LogP contribution < -0.4 is 5.32 Å². The van der Waals surface area contributed by atoms with E-state index >= 15 is 0 Å². The summed E-state index contributed by atoms with van der Waals surface area (Å²) in [6, 6.07) is 9.74. The van der Waals surface area contributed by atoms with E-state index in [4.69, 9.17) is 0 Å². The van der Waals surface area contributed by atoms with Gasteiger partial charge in [0.2, 0.25) is 0 Å². The highest BCUT2D eigenvalue weighted by molar-refractivity contribution is 9.10. The molecule has 1 saturated carbocycles. The van der Waals surface area contributed by atoms with Crippen molar-refractivity contribution in [2.75, 3.05) is 0 Å². The van der Waals surface area contributed by atoms with E-state index in [9.17, 15) is 0 Å². The van der Waals surface area contributed by atoms with Gasteiger partial charge in [-0.3, -0.25) is 0 Å². The summed E-state index contributed by atoms with van der Waals surface area (Å²) in [5.74, 6) is 0.930. The van der Waals surface area contributed by atoms with Gasteiger partial charge in [-0.25, -0.2) is 0 Å². The summed E-state index contributed by atoms with van der Waals surface area (Å²) >= 11 is 3.53.